The largest absolute Gasteiger partial charge is 0.489 e. The van der Waals surface area contributed by atoms with Crippen molar-refractivity contribution >= 4 is 5.69 Å². The number of hydrogen-bond donors (Lipinski definition) is 0. The smallest absolute Gasteiger partial charge is 0.416 e. The van der Waals surface area contributed by atoms with Crippen LogP contribution in [-0.2, 0) is 6.18 Å². The van der Waals surface area contributed by atoms with E-state index in [0.29, 0.717) is 30.9 Å². The first-order chi connectivity index (χ1) is 11.9. The van der Waals surface area contributed by atoms with Crippen LogP contribution in [0, 0.1) is 17.1 Å². The van der Waals surface area contributed by atoms with E-state index in [0.717, 1.165) is 12.1 Å². The maximum atomic E-state index is 12.9. The first-order valence-corrected chi connectivity index (χ1v) is 7.65. The Morgan fingerprint density at radius 3 is 2.48 bits per heavy atom. The summed E-state index contributed by atoms with van der Waals surface area (Å²) < 4.78 is 57.0. The number of benzene rings is 2. The number of nitrogens with zero attached hydrogens (tertiary/aromatic N) is 2. The first-order valence-electron chi connectivity index (χ1n) is 7.65. The molecule has 1 heterocycles. The number of hydrogen-bond acceptors (Lipinski definition) is 3. The van der Waals surface area contributed by atoms with E-state index in [9.17, 15) is 22.8 Å². The SMILES string of the molecule is N#Cc1cc(C(F)(F)F)ccc1N1CC[C@H](Oc2ccc(F)cc2)C1. The average molecular weight is 350 g/mol. The van der Waals surface area contributed by atoms with Crippen LogP contribution in [0.3, 0.4) is 0 Å². The van der Waals surface area contributed by atoms with Crippen molar-refractivity contribution < 1.29 is 22.3 Å². The Labute approximate surface area is 142 Å². The predicted octanol–water partition coefficient (Wildman–Crippen LogP) is 4.37. The highest BCUT2D eigenvalue weighted by Gasteiger charge is 2.32. The van der Waals surface area contributed by atoms with Crippen LogP contribution in [0.1, 0.15) is 17.5 Å². The molecule has 1 aliphatic rings. The normalized spacial score (nSPS) is 17.4. The Kier molecular flexibility index (Phi) is 4.53. The zero-order valence-electron chi connectivity index (χ0n) is 13.1. The molecule has 2 aromatic rings. The second-order valence-corrected chi connectivity index (χ2v) is 5.77. The van der Waals surface area contributed by atoms with Crippen molar-refractivity contribution in [2.75, 3.05) is 18.0 Å². The molecule has 0 bridgehead atoms. The number of ether oxygens (including phenoxy) is 1. The van der Waals surface area contributed by atoms with Gasteiger partial charge in [0.15, 0.2) is 0 Å². The quantitative estimate of drug-likeness (QED) is 0.771. The molecule has 0 saturated carbocycles. The van der Waals surface area contributed by atoms with Gasteiger partial charge in [-0.2, -0.15) is 18.4 Å². The second-order valence-electron chi connectivity index (χ2n) is 5.77. The fourth-order valence-electron chi connectivity index (χ4n) is 2.83. The van der Waals surface area contributed by atoms with Crippen LogP contribution in [0.4, 0.5) is 23.2 Å². The van der Waals surface area contributed by atoms with Gasteiger partial charge in [0.2, 0.25) is 0 Å². The van der Waals surface area contributed by atoms with E-state index in [-0.39, 0.29) is 17.5 Å². The van der Waals surface area contributed by atoms with Crippen LogP contribution >= 0.6 is 0 Å². The molecule has 7 heteroatoms. The zero-order valence-corrected chi connectivity index (χ0v) is 13.1. The van der Waals surface area contributed by atoms with Crippen LogP contribution in [0.5, 0.6) is 5.75 Å². The van der Waals surface area contributed by atoms with Crippen molar-refractivity contribution in [2.45, 2.75) is 18.7 Å². The van der Waals surface area contributed by atoms with Crippen molar-refractivity contribution in [3.05, 3.63) is 59.4 Å². The molecule has 0 radical (unpaired) electrons. The van der Waals surface area contributed by atoms with Crippen LogP contribution in [0.2, 0.25) is 0 Å². The average Bonchev–Trinajstić information content (AvgIpc) is 3.04. The molecule has 130 valence electrons. The lowest BCUT2D eigenvalue weighted by molar-refractivity contribution is -0.137. The Balaban J connectivity index is 1.73. The maximum absolute atomic E-state index is 12.9. The minimum atomic E-state index is -4.48. The highest BCUT2D eigenvalue weighted by Crippen LogP contribution is 2.34. The molecule has 0 aliphatic carbocycles. The topological polar surface area (TPSA) is 36.3 Å². The van der Waals surface area contributed by atoms with E-state index in [1.54, 1.807) is 0 Å². The van der Waals surface area contributed by atoms with Gasteiger partial charge in [-0.25, -0.2) is 4.39 Å². The lowest BCUT2D eigenvalue weighted by Crippen LogP contribution is -2.25. The fraction of sp³-hybridized carbons (Fsp3) is 0.278. The summed E-state index contributed by atoms with van der Waals surface area (Å²) in [6.45, 7) is 1.00. The summed E-state index contributed by atoms with van der Waals surface area (Å²) in [5.41, 5.74) is -0.399. The third-order valence-corrected chi connectivity index (χ3v) is 4.05. The first kappa shape index (κ1) is 17.1. The molecule has 1 saturated heterocycles. The molecule has 0 N–H and O–H groups in total. The lowest BCUT2D eigenvalue weighted by atomic mass is 10.1. The van der Waals surface area contributed by atoms with E-state index in [1.165, 1.54) is 30.3 Å². The zero-order chi connectivity index (χ0) is 18.0. The van der Waals surface area contributed by atoms with Crippen molar-refractivity contribution in [3.63, 3.8) is 0 Å². The van der Waals surface area contributed by atoms with Crippen LogP contribution in [-0.4, -0.2) is 19.2 Å². The summed E-state index contributed by atoms with van der Waals surface area (Å²) in [6, 6.07) is 10.6. The molecular weight excluding hydrogens is 336 g/mol. The van der Waals surface area contributed by atoms with E-state index < -0.39 is 11.7 Å². The van der Waals surface area contributed by atoms with Gasteiger partial charge in [0.05, 0.1) is 23.4 Å². The third kappa shape index (κ3) is 3.85. The standard InChI is InChI=1S/C18H14F4N2O/c19-14-2-4-15(5-3-14)25-16-7-8-24(11-16)17-6-1-13(18(20,21)22)9-12(17)10-23/h1-6,9,16H,7-8,11H2/t16-/m0/s1. The number of halogens is 4. The predicted molar refractivity (Wildman–Crippen MR) is 83.8 cm³/mol. The van der Waals surface area contributed by atoms with Crippen LogP contribution in [0.15, 0.2) is 42.5 Å². The molecule has 1 aliphatic heterocycles. The minimum absolute atomic E-state index is 0.0164. The third-order valence-electron chi connectivity index (χ3n) is 4.05. The maximum Gasteiger partial charge on any atom is 0.416 e. The van der Waals surface area contributed by atoms with E-state index in [1.807, 2.05) is 11.0 Å². The molecule has 3 rings (SSSR count). The molecule has 25 heavy (non-hydrogen) atoms. The van der Waals surface area contributed by atoms with Gasteiger partial charge in [-0.3, -0.25) is 0 Å². The summed E-state index contributed by atoms with van der Waals surface area (Å²) in [5, 5.41) is 9.19. The molecular formula is C18H14F4N2O. The van der Waals surface area contributed by atoms with Gasteiger partial charge >= 0.3 is 6.18 Å². The van der Waals surface area contributed by atoms with Gasteiger partial charge in [0.1, 0.15) is 23.7 Å². The minimum Gasteiger partial charge on any atom is -0.489 e. The summed E-state index contributed by atoms with van der Waals surface area (Å²) in [6.07, 6.45) is -4.01. The Hall–Kier alpha value is -2.75. The Morgan fingerprint density at radius 2 is 1.84 bits per heavy atom. The Bertz CT molecular complexity index is 796. The number of alkyl halides is 3. The molecule has 1 atom stereocenters. The second kappa shape index (κ2) is 6.63. The van der Waals surface area contributed by atoms with Crippen molar-refractivity contribution in [1.29, 1.82) is 5.26 Å². The Morgan fingerprint density at radius 1 is 1.12 bits per heavy atom. The van der Waals surface area contributed by atoms with Crippen molar-refractivity contribution in [2.24, 2.45) is 0 Å². The van der Waals surface area contributed by atoms with E-state index >= 15 is 0 Å². The number of nitriles is 1. The molecule has 0 amide bonds. The number of rotatable bonds is 3. The lowest BCUT2D eigenvalue weighted by Gasteiger charge is -2.21. The molecule has 1 fully saturated rings. The van der Waals surface area contributed by atoms with Crippen molar-refractivity contribution in [3.8, 4) is 11.8 Å². The summed E-state index contributed by atoms with van der Waals surface area (Å²) in [5.74, 6) is 0.171. The molecule has 3 nitrogen and oxygen atoms in total. The van der Waals surface area contributed by atoms with Gasteiger partial charge in [0.25, 0.3) is 0 Å². The van der Waals surface area contributed by atoms with E-state index in [4.69, 9.17) is 4.74 Å². The van der Waals surface area contributed by atoms with Gasteiger partial charge in [0, 0.05) is 13.0 Å². The van der Waals surface area contributed by atoms with Gasteiger partial charge in [-0.1, -0.05) is 0 Å². The molecule has 2 aromatic carbocycles. The van der Waals surface area contributed by atoms with Crippen molar-refractivity contribution in [1.82, 2.24) is 0 Å². The van der Waals surface area contributed by atoms with Gasteiger partial charge < -0.3 is 9.64 Å². The highest BCUT2D eigenvalue weighted by molar-refractivity contribution is 5.61. The summed E-state index contributed by atoms with van der Waals surface area (Å²) in [4.78, 5) is 1.83. The van der Waals surface area contributed by atoms with Gasteiger partial charge in [-0.15, -0.1) is 0 Å². The van der Waals surface area contributed by atoms with Crippen LogP contribution in [0.25, 0.3) is 0 Å². The van der Waals surface area contributed by atoms with Gasteiger partial charge in [-0.05, 0) is 42.5 Å². The fourth-order valence-corrected chi connectivity index (χ4v) is 2.83. The van der Waals surface area contributed by atoms with E-state index in [2.05, 4.69) is 0 Å². The summed E-state index contributed by atoms with van der Waals surface area (Å²) >= 11 is 0. The molecule has 0 unspecified atom stereocenters. The monoisotopic (exact) mass is 350 g/mol. The highest BCUT2D eigenvalue weighted by atomic mass is 19.4. The molecule has 0 aromatic heterocycles. The number of anilines is 1. The molecule has 0 spiro atoms. The van der Waals surface area contributed by atoms with Crippen LogP contribution < -0.4 is 9.64 Å². The summed E-state index contributed by atoms with van der Waals surface area (Å²) in [7, 11) is 0.